The minimum atomic E-state index is -3.62. The maximum absolute atomic E-state index is 13.5. The van der Waals surface area contributed by atoms with Gasteiger partial charge in [0.05, 0.1) is 18.6 Å². The van der Waals surface area contributed by atoms with E-state index in [2.05, 4.69) is 5.32 Å². The monoisotopic (exact) mass is 551 g/mol. The lowest BCUT2D eigenvalue weighted by Crippen LogP contribution is -2.49. The highest BCUT2D eigenvalue weighted by molar-refractivity contribution is 7.92. The molecule has 10 heteroatoms. The number of hydrogen-bond acceptors (Lipinski definition) is 5. The van der Waals surface area contributed by atoms with Crippen LogP contribution in [-0.4, -0.2) is 57.1 Å². The van der Waals surface area contributed by atoms with E-state index in [0.717, 1.165) is 18.2 Å². The molecule has 2 aromatic rings. The molecular formula is C27H38ClN3O5S. The predicted octanol–water partition coefficient (Wildman–Crippen LogP) is 4.62. The average Bonchev–Trinajstić information content (AvgIpc) is 2.86. The fraction of sp³-hybridized carbons (Fsp3) is 0.481. The first-order valence-corrected chi connectivity index (χ1v) is 14.9. The third-order valence-electron chi connectivity index (χ3n) is 5.79. The van der Waals surface area contributed by atoms with E-state index in [1.807, 2.05) is 32.9 Å². The van der Waals surface area contributed by atoms with E-state index in [4.69, 9.17) is 16.3 Å². The first-order chi connectivity index (χ1) is 17.6. The van der Waals surface area contributed by atoms with Crippen molar-refractivity contribution in [3.05, 3.63) is 59.1 Å². The van der Waals surface area contributed by atoms with Gasteiger partial charge in [0, 0.05) is 31.1 Å². The summed E-state index contributed by atoms with van der Waals surface area (Å²) in [5.74, 6) is 0.0415. The summed E-state index contributed by atoms with van der Waals surface area (Å²) in [6.07, 6.45) is 2.73. The number of ether oxygens (including phenoxy) is 1. The molecule has 0 unspecified atom stereocenters. The lowest BCUT2D eigenvalue weighted by molar-refractivity contribution is -0.141. The minimum absolute atomic E-state index is 0.0774. The van der Waals surface area contributed by atoms with Gasteiger partial charge < -0.3 is 15.0 Å². The van der Waals surface area contributed by atoms with Crippen LogP contribution < -0.4 is 14.4 Å². The van der Waals surface area contributed by atoms with Crippen molar-refractivity contribution in [3.8, 4) is 5.75 Å². The number of amides is 2. The summed E-state index contributed by atoms with van der Waals surface area (Å²) < 4.78 is 32.1. The third-order valence-corrected chi connectivity index (χ3v) is 7.22. The second-order valence-electron chi connectivity index (χ2n) is 8.70. The van der Waals surface area contributed by atoms with Crippen LogP contribution in [-0.2, 0) is 26.2 Å². The molecule has 2 amide bonds. The summed E-state index contributed by atoms with van der Waals surface area (Å²) in [5, 5.41) is 3.48. The lowest BCUT2D eigenvalue weighted by Gasteiger charge is -2.31. The maximum atomic E-state index is 13.5. The highest BCUT2D eigenvalue weighted by Crippen LogP contribution is 2.30. The van der Waals surface area contributed by atoms with Gasteiger partial charge in [-0.25, -0.2) is 8.42 Å². The molecule has 0 saturated carbocycles. The zero-order valence-electron chi connectivity index (χ0n) is 22.1. The Morgan fingerprint density at radius 1 is 1.05 bits per heavy atom. The van der Waals surface area contributed by atoms with Crippen LogP contribution in [0.5, 0.6) is 5.75 Å². The van der Waals surface area contributed by atoms with Crippen LogP contribution in [0.25, 0.3) is 0 Å². The summed E-state index contributed by atoms with van der Waals surface area (Å²) in [7, 11) is -3.62. The van der Waals surface area contributed by atoms with Gasteiger partial charge in [-0.1, -0.05) is 49.7 Å². The van der Waals surface area contributed by atoms with E-state index in [0.29, 0.717) is 36.0 Å². The molecule has 0 bridgehead atoms. The van der Waals surface area contributed by atoms with Crippen molar-refractivity contribution in [2.24, 2.45) is 0 Å². The molecule has 0 aliphatic rings. The summed E-state index contributed by atoms with van der Waals surface area (Å²) in [4.78, 5) is 27.9. The lowest BCUT2D eigenvalue weighted by atomic mass is 10.1. The zero-order chi connectivity index (χ0) is 27.4. The Hall–Kier alpha value is -2.78. The predicted molar refractivity (Wildman–Crippen MR) is 148 cm³/mol. The molecule has 0 saturated heterocycles. The topological polar surface area (TPSA) is 96.0 Å². The summed E-state index contributed by atoms with van der Waals surface area (Å²) in [6.45, 7) is 6.94. The summed E-state index contributed by atoms with van der Waals surface area (Å²) >= 11 is 6.02. The molecule has 0 aromatic heterocycles. The Morgan fingerprint density at radius 2 is 1.73 bits per heavy atom. The smallest absolute Gasteiger partial charge is 0.242 e. The number of halogens is 1. The van der Waals surface area contributed by atoms with Crippen LogP contribution in [0.15, 0.2) is 48.5 Å². The second-order valence-corrected chi connectivity index (χ2v) is 11.0. The van der Waals surface area contributed by atoms with Crippen molar-refractivity contribution in [1.82, 2.24) is 10.2 Å². The molecule has 0 radical (unpaired) electrons. The van der Waals surface area contributed by atoms with Crippen LogP contribution in [0.4, 0.5) is 5.69 Å². The number of para-hydroxylation sites is 2. The normalized spacial score (nSPS) is 12.0. The molecule has 1 N–H and O–H groups in total. The van der Waals surface area contributed by atoms with Gasteiger partial charge in [-0.2, -0.15) is 0 Å². The van der Waals surface area contributed by atoms with Crippen LogP contribution in [0.1, 0.15) is 52.0 Å². The number of rotatable bonds is 15. The minimum Gasteiger partial charge on any atom is -0.492 e. The van der Waals surface area contributed by atoms with Gasteiger partial charge in [-0.3, -0.25) is 13.9 Å². The van der Waals surface area contributed by atoms with Crippen molar-refractivity contribution >= 4 is 39.1 Å². The van der Waals surface area contributed by atoms with Gasteiger partial charge in [0.25, 0.3) is 0 Å². The van der Waals surface area contributed by atoms with Crippen LogP contribution >= 0.6 is 11.6 Å². The highest BCUT2D eigenvalue weighted by Gasteiger charge is 2.29. The van der Waals surface area contributed by atoms with Crippen molar-refractivity contribution < 1.29 is 22.7 Å². The summed E-state index contributed by atoms with van der Waals surface area (Å²) in [6, 6.07) is 13.4. The Labute approximate surface area is 226 Å². The van der Waals surface area contributed by atoms with E-state index in [-0.39, 0.29) is 37.7 Å². The number of nitrogens with zero attached hydrogens (tertiary/aromatic N) is 2. The van der Waals surface area contributed by atoms with Gasteiger partial charge in [0.2, 0.25) is 21.8 Å². The van der Waals surface area contributed by atoms with Gasteiger partial charge in [-0.05, 0) is 56.0 Å². The number of hydrogen-bond donors (Lipinski definition) is 1. The number of benzene rings is 2. The van der Waals surface area contributed by atoms with Gasteiger partial charge in [0.1, 0.15) is 11.8 Å². The molecule has 0 fully saturated rings. The van der Waals surface area contributed by atoms with E-state index >= 15 is 0 Å². The largest absolute Gasteiger partial charge is 0.492 e. The Kier molecular flexibility index (Phi) is 12.2. The summed E-state index contributed by atoms with van der Waals surface area (Å²) in [5.41, 5.74) is 1.28. The van der Waals surface area contributed by atoms with Gasteiger partial charge in [0.15, 0.2) is 0 Å². The van der Waals surface area contributed by atoms with E-state index < -0.39 is 16.1 Å². The van der Waals surface area contributed by atoms with Crippen LogP contribution in [0, 0.1) is 0 Å². The molecule has 204 valence electrons. The van der Waals surface area contributed by atoms with Gasteiger partial charge in [-0.15, -0.1) is 0 Å². The SMILES string of the molecule is CCCNC(=O)[C@H](CC)N(Cc1ccc(Cl)cc1)C(=O)CCCN(c1ccccc1OCC)S(C)(=O)=O. The fourth-order valence-corrected chi connectivity index (χ4v) is 5.09. The molecule has 37 heavy (non-hydrogen) atoms. The van der Waals surface area contributed by atoms with Crippen LogP contribution in [0.2, 0.25) is 5.02 Å². The Balaban J connectivity index is 2.23. The van der Waals surface area contributed by atoms with Crippen molar-refractivity contribution in [2.45, 2.75) is 59.0 Å². The van der Waals surface area contributed by atoms with Crippen molar-refractivity contribution in [2.75, 3.05) is 30.3 Å². The number of carbonyl (C=O) groups is 2. The molecule has 0 spiro atoms. The number of nitrogens with one attached hydrogen (secondary N) is 1. The van der Waals surface area contributed by atoms with E-state index in [1.54, 1.807) is 41.3 Å². The van der Waals surface area contributed by atoms with E-state index in [1.165, 1.54) is 4.31 Å². The first-order valence-electron chi connectivity index (χ1n) is 12.6. The third kappa shape index (κ3) is 9.23. The molecule has 8 nitrogen and oxygen atoms in total. The van der Waals surface area contributed by atoms with Crippen LogP contribution in [0.3, 0.4) is 0 Å². The quantitative estimate of drug-likeness (QED) is 0.348. The zero-order valence-corrected chi connectivity index (χ0v) is 23.6. The standard InChI is InChI=1S/C27H38ClN3O5S/c1-5-18-29-27(33)23(6-2)30(20-21-14-16-22(28)17-15-21)26(32)13-10-19-31(37(4,34)35)24-11-8-9-12-25(24)36-7-3/h8-9,11-12,14-17,23H,5-7,10,13,18-20H2,1-4H3,(H,29,33)/t23-/m0/s1. The van der Waals surface area contributed by atoms with Crippen molar-refractivity contribution in [1.29, 1.82) is 0 Å². The Morgan fingerprint density at radius 3 is 2.32 bits per heavy atom. The fourth-order valence-electron chi connectivity index (χ4n) is 4.00. The molecule has 0 aliphatic carbocycles. The first kappa shape index (κ1) is 30.4. The molecule has 2 aromatic carbocycles. The second kappa shape index (κ2) is 14.8. The molecule has 0 heterocycles. The maximum Gasteiger partial charge on any atom is 0.242 e. The average molecular weight is 552 g/mol. The molecule has 0 aliphatic heterocycles. The van der Waals surface area contributed by atoms with Crippen molar-refractivity contribution in [3.63, 3.8) is 0 Å². The number of sulfonamides is 1. The molecule has 1 atom stereocenters. The number of anilines is 1. The molecular weight excluding hydrogens is 514 g/mol. The molecule has 2 rings (SSSR count). The van der Waals surface area contributed by atoms with Gasteiger partial charge >= 0.3 is 0 Å². The van der Waals surface area contributed by atoms with E-state index in [9.17, 15) is 18.0 Å². The Bertz CT molecular complexity index is 1130. The number of carbonyl (C=O) groups excluding carboxylic acids is 2. The highest BCUT2D eigenvalue weighted by atomic mass is 35.5.